The van der Waals surface area contributed by atoms with E-state index in [0.717, 1.165) is 39.9 Å². The number of ketones is 1. The second-order valence-corrected chi connectivity index (χ2v) is 9.63. The van der Waals surface area contributed by atoms with Crippen LogP contribution in [0.1, 0.15) is 35.2 Å². The summed E-state index contributed by atoms with van der Waals surface area (Å²) in [5.74, 6) is 0.991. The molecule has 1 aliphatic heterocycles. The molecule has 6 nitrogen and oxygen atoms in total. The second kappa shape index (κ2) is 9.80. The number of hydrogen-bond acceptors (Lipinski definition) is 6. The molecule has 0 atom stereocenters. The predicted octanol–water partition coefficient (Wildman–Crippen LogP) is 5.60. The van der Waals surface area contributed by atoms with Gasteiger partial charge in [-0.05, 0) is 85.1 Å². The first-order valence-electron chi connectivity index (χ1n) is 11.6. The van der Waals surface area contributed by atoms with Gasteiger partial charge in [0.1, 0.15) is 23.9 Å². The molecule has 0 bridgehead atoms. The average Bonchev–Trinajstić information content (AvgIpc) is 3.24. The molecule has 1 aromatic heterocycles. The molecule has 0 spiro atoms. The first-order chi connectivity index (χ1) is 17.0. The number of thiophene rings is 1. The Bertz CT molecular complexity index is 1380. The van der Waals surface area contributed by atoms with E-state index in [1.807, 2.05) is 4.90 Å². The van der Waals surface area contributed by atoms with Gasteiger partial charge in [0.15, 0.2) is 5.78 Å². The zero-order valence-electron chi connectivity index (χ0n) is 19.1. The molecule has 1 amide bonds. The number of carbonyl (C=O) groups is 2. The van der Waals surface area contributed by atoms with Crippen LogP contribution in [0.5, 0.6) is 17.2 Å². The Kier molecular flexibility index (Phi) is 6.42. The number of hydrogen-bond donors (Lipinski definition) is 2. The standard InChI is InChI=1S/C28H25NO5S/c30-20-8-4-19(5-9-20)28-26(23-13-10-21(31)17-24(23)35-28)27(33)18-6-11-22(12-7-18)34-16-15-29-14-2-1-3-25(29)32/h4-13,17,30-31H,1-3,14-16H2. The first kappa shape index (κ1) is 22.9. The molecule has 2 heterocycles. The van der Waals surface area contributed by atoms with Crippen LogP contribution < -0.4 is 4.74 Å². The second-order valence-electron chi connectivity index (χ2n) is 8.57. The molecule has 2 N–H and O–H groups in total. The molecule has 0 unspecified atom stereocenters. The smallest absolute Gasteiger partial charge is 0.222 e. The maximum absolute atomic E-state index is 13.6. The quantitative estimate of drug-likeness (QED) is 0.331. The van der Waals surface area contributed by atoms with Crippen LogP contribution in [0, 0.1) is 0 Å². The van der Waals surface area contributed by atoms with Crippen LogP contribution >= 0.6 is 11.3 Å². The van der Waals surface area contributed by atoms with Gasteiger partial charge in [0.2, 0.25) is 5.91 Å². The van der Waals surface area contributed by atoms with Crippen LogP contribution in [0.2, 0.25) is 0 Å². The Morgan fingerprint density at radius 2 is 1.69 bits per heavy atom. The SMILES string of the molecule is O=C(c1ccc(OCCN2CCCCC2=O)cc1)c1c(-c2ccc(O)cc2)sc2cc(O)ccc12. The van der Waals surface area contributed by atoms with Crippen LogP contribution in [-0.2, 0) is 4.79 Å². The fraction of sp³-hybridized carbons (Fsp3) is 0.214. The Labute approximate surface area is 207 Å². The van der Waals surface area contributed by atoms with Crippen molar-refractivity contribution in [3.05, 3.63) is 77.9 Å². The summed E-state index contributed by atoms with van der Waals surface area (Å²) in [5.41, 5.74) is 1.91. The maximum atomic E-state index is 13.6. The van der Waals surface area contributed by atoms with Gasteiger partial charge in [-0.3, -0.25) is 9.59 Å². The molecule has 7 heteroatoms. The van der Waals surface area contributed by atoms with E-state index in [2.05, 4.69) is 0 Å². The number of likely N-dealkylation sites (tertiary alicyclic amines) is 1. The number of amides is 1. The predicted molar refractivity (Wildman–Crippen MR) is 136 cm³/mol. The molecule has 178 valence electrons. The topological polar surface area (TPSA) is 87.1 Å². The van der Waals surface area contributed by atoms with Crippen molar-refractivity contribution in [3.63, 3.8) is 0 Å². The van der Waals surface area contributed by atoms with Crippen LogP contribution in [-0.4, -0.2) is 46.5 Å². The first-order valence-corrected chi connectivity index (χ1v) is 12.4. The number of phenolic OH excluding ortho intramolecular Hbond substituents is 2. The van der Waals surface area contributed by atoms with Crippen molar-refractivity contribution in [2.75, 3.05) is 19.7 Å². The van der Waals surface area contributed by atoms with E-state index in [1.165, 1.54) is 11.3 Å². The van der Waals surface area contributed by atoms with E-state index in [0.29, 0.717) is 36.4 Å². The highest BCUT2D eigenvalue weighted by molar-refractivity contribution is 7.22. The summed E-state index contributed by atoms with van der Waals surface area (Å²) in [4.78, 5) is 28.2. The number of fused-ring (bicyclic) bond motifs is 1. The number of carbonyl (C=O) groups excluding carboxylic acids is 2. The summed E-state index contributed by atoms with van der Waals surface area (Å²) in [6.45, 7) is 1.75. The highest BCUT2D eigenvalue weighted by atomic mass is 32.1. The summed E-state index contributed by atoms with van der Waals surface area (Å²) in [6.07, 6.45) is 2.60. The molecular formula is C28H25NO5S. The minimum absolute atomic E-state index is 0.129. The molecule has 0 aliphatic carbocycles. The lowest BCUT2D eigenvalue weighted by atomic mass is 9.97. The molecule has 0 radical (unpaired) electrons. The lowest BCUT2D eigenvalue weighted by Crippen LogP contribution is -2.38. The number of aromatic hydroxyl groups is 2. The molecule has 3 aromatic carbocycles. The van der Waals surface area contributed by atoms with Crippen molar-refractivity contribution in [1.29, 1.82) is 0 Å². The fourth-order valence-corrected chi connectivity index (χ4v) is 5.58. The van der Waals surface area contributed by atoms with Gasteiger partial charge in [0.05, 0.1) is 6.54 Å². The number of piperidine rings is 1. The lowest BCUT2D eigenvalue weighted by Gasteiger charge is -2.26. The molecular weight excluding hydrogens is 462 g/mol. The van der Waals surface area contributed by atoms with Gasteiger partial charge in [-0.2, -0.15) is 0 Å². The van der Waals surface area contributed by atoms with E-state index in [4.69, 9.17) is 4.74 Å². The maximum Gasteiger partial charge on any atom is 0.222 e. The minimum Gasteiger partial charge on any atom is -0.508 e. The van der Waals surface area contributed by atoms with Crippen LogP contribution in [0.3, 0.4) is 0 Å². The molecule has 1 aliphatic rings. The van der Waals surface area contributed by atoms with Gasteiger partial charge in [-0.15, -0.1) is 11.3 Å². The molecule has 35 heavy (non-hydrogen) atoms. The monoisotopic (exact) mass is 487 g/mol. The third-order valence-electron chi connectivity index (χ3n) is 6.20. The van der Waals surface area contributed by atoms with Gasteiger partial charge < -0.3 is 19.8 Å². The van der Waals surface area contributed by atoms with Gasteiger partial charge >= 0.3 is 0 Å². The molecule has 0 saturated carbocycles. The summed E-state index contributed by atoms with van der Waals surface area (Å²) in [5, 5.41) is 20.4. The summed E-state index contributed by atoms with van der Waals surface area (Å²) >= 11 is 1.43. The number of benzene rings is 3. The number of ether oxygens (including phenoxy) is 1. The lowest BCUT2D eigenvalue weighted by molar-refractivity contribution is -0.133. The van der Waals surface area contributed by atoms with Crippen molar-refractivity contribution >= 4 is 33.1 Å². The Balaban J connectivity index is 1.38. The van der Waals surface area contributed by atoms with Crippen molar-refractivity contribution < 1.29 is 24.5 Å². The highest BCUT2D eigenvalue weighted by Gasteiger charge is 2.22. The minimum atomic E-state index is -0.129. The third kappa shape index (κ3) is 4.86. The zero-order valence-corrected chi connectivity index (χ0v) is 19.9. The summed E-state index contributed by atoms with van der Waals surface area (Å²) in [6, 6.07) is 18.8. The Morgan fingerprint density at radius 3 is 2.43 bits per heavy atom. The van der Waals surface area contributed by atoms with Crippen molar-refractivity contribution in [1.82, 2.24) is 4.90 Å². The van der Waals surface area contributed by atoms with E-state index in [1.54, 1.807) is 66.7 Å². The normalized spacial score (nSPS) is 13.8. The number of nitrogens with zero attached hydrogens (tertiary/aromatic N) is 1. The third-order valence-corrected chi connectivity index (χ3v) is 7.40. The van der Waals surface area contributed by atoms with Crippen molar-refractivity contribution in [3.8, 4) is 27.7 Å². The number of phenols is 2. The highest BCUT2D eigenvalue weighted by Crippen LogP contribution is 2.41. The number of rotatable bonds is 7. The van der Waals surface area contributed by atoms with Gasteiger partial charge in [0, 0.05) is 39.1 Å². The van der Waals surface area contributed by atoms with Crippen molar-refractivity contribution in [2.24, 2.45) is 0 Å². The molecule has 5 rings (SSSR count). The van der Waals surface area contributed by atoms with Gasteiger partial charge in [0.25, 0.3) is 0 Å². The van der Waals surface area contributed by atoms with Crippen LogP contribution in [0.25, 0.3) is 20.5 Å². The zero-order chi connectivity index (χ0) is 24.4. The van der Waals surface area contributed by atoms with E-state index in [-0.39, 0.29) is 23.2 Å². The van der Waals surface area contributed by atoms with Crippen molar-refractivity contribution in [2.45, 2.75) is 19.3 Å². The Morgan fingerprint density at radius 1 is 0.943 bits per heavy atom. The van der Waals surface area contributed by atoms with Gasteiger partial charge in [-0.25, -0.2) is 0 Å². The van der Waals surface area contributed by atoms with E-state index < -0.39 is 0 Å². The largest absolute Gasteiger partial charge is 0.508 e. The molecule has 1 saturated heterocycles. The summed E-state index contributed by atoms with van der Waals surface area (Å²) in [7, 11) is 0. The molecule has 4 aromatic rings. The average molecular weight is 488 g/mol. The molecule has 1 fully saturated rings. The van der Waals surface area contributed by atoms with Gasteiger partial charge in [-0.1, -0.05) is 0 Å². The van der Waals surface area contributed by atoms with Crippen LogP contribution in [0.4, 0.5) is 0 Å². The summed E-state index contributed by atoms with van der Waals surface area (Å²) < 4.78 is 6.62. The van der Waals surface area contributed by atoms with E-state index in [9.17, 15) is 19.8 Å². The Hall–Kier alpha value is -3.84. The van der Waals surface area contributed by atoms with Crippen LogP contribution in [0.15, 0.2) is 66.7 Å². The van der Waals surface area contributed by atoms with E-state index >= 15 is 0 Å². The fourth-order valence-electron chi connectivity index (χ4n) is 4.35.